The number of sulfone groups is 1. The molecule has 0 radical (unpaired) electrons. The fourth-order valence-electron chi connectivity index (χ4n) is 1.19. The lowest BCUT2D eigenvalue weighted by Crippen LogP contribution is -2.12. The molecule has 0 fully saturated rings. The van der Waals surface area contributed by atoms with E-state index in [1.807, 2.05) is 0 Å². The predicted octanol–water partition coefficient (Wildman–Crippen LogP) is 0.903. The summed E-state index contributed by atoms with van der Waals surface area (Å²) in [6, 6.07) is 4.74. The summed E-state index contributed by atoms with van der Waals surface area (Å²) >= 11 is 5.39. The van der Waals surface area contributed by atoms with Gasteiger partial charge < -0.3 is 0 Å². The molecular weight excluding hydrogens is 298 g/mol. The van der Waals surface area contributed by atoms with Crippen LogP contribution in [0.3, 0.4) is 0 Å². The van der Waals surface area contributed by atoms with Crippen molar-refractivity contribution >= 4 is 31.5 Å². The zero-order chi connectivity index (χ0) is 13.8. The minimum Gasteiger partial charge on any atom is -0.225 e. The van der Waals surface area contributed by atoms with Crippen LogP contribution in [0.25, 0.3) is 0 Å². The van der Waals surface area contributed by atoms with E-state index in [1.54, 1.807) is 0 Å². The highest BCUT2D eigenvalue weighted by Crippen LogP contribution is 2.14. The van der Waals surface area contributed by atoms with Gasteiger partial charge in [-0.1, -0.05) is 12.2 Å². The Balaban J connectivity index is 3.02. The van der Waals surface area contributed by atoms with Crippen molar-refractivity contribution in [3.63, 3.8) is 0 Å². The first-order valence-corrected chi connectivity index (χ1v) is 8.57. The lowest BCUT2D eigenvalue weighted by atomic mass is 10.4. The first kappa shape index (κ1) is 15.2. The maximum absolute atomic E-state index is 11.8. The quantitative estimate of drug-likeness (QED) is 0.646. The predicted molar refractivity (Wildman–Crippen MR) is 69.7 cm³/mol. The molecule has 0 amide bonds. The van der Waals surface area contributed by atoms with E-state index >= 15 is 0 Å². The fraction of sp³-hybridized carbons (Fsp3) is 0.200. The van der Waals surface area contributed by atoms with Gasteiger partial charge in [-0.15, -0.1) is 11.6 Å². The molecule has 0 spiro atoms. The maximum Gasteiger partial charge on any atom is 0.238 e. The minimum atomic E-state index is -3.81. The van der Waals surface area contributed by atoms with Crippen molar-refractivity contribution in [2.75, 3.05) is 11.6 Å². The molecule has 0 aliphatic heterocycles. The summed E-state index contributed by atoms with van der Waals surface area (Å²) in [6.45, 7) is 0. The van der Waals surface area contributed by atoms with Gasteiger partial charge in [-0.3, -0.25) is 0 Å². The lowest BCUT2D eigenvalue weighted by molar-refractivity contribution is 0.594. The molecule has 0 aliphatic rings. The highest BCUT2D eigenvalue weighted by molar-refractivity contribution is 7.91. The Morgan fingerprint density at radius 2 is 1.50 bits per heavy atom. The standard InChI is InChI=1S/C10H12ClNO4S2/c11-7-1-2-8-17(13,14)9-3-5-10(6-4-9)18(12,15)16/h1-6H,7-8H2,(H2,12,15,16)/b2-1+. The van der Waals surface area contributed by atoms with E-state index in [-0.39, 0.29) is 21.4 Å². The molecule has 0 bridgehead atoms. The van der Waals surface area contributed by atoms with Gasteiger partial charge in [0, 0.05) is 5.88 Å². The van der Waals surface area contributed by atoms with Crippen LogP contribution < -0.4 is 5.14 Å². The molecule has 1 aromatic rings. The summed E-state index contributed by atoms with van der Waals surface area (Å²) in [6.07, 6.45) is 2.97. The van der Waals surface area contributed by atoms with Crippen molar-refractivity contribution in [3.05, 3.63) is 36.4 Å². The summed E-state index contributed by atoms with van der Waals surface area (Å²) in [7, 11) is -7.29. The molecule has 0 saturated carbocycles. The number of nitrogens with two attached hydrogens (primary N) is 1. The van der Waals surface area contributed by atoms with Crippen molar-refractivity contribution in [1.29, 1.82) is 0 Å². The van der Waals surface area contributed by atoms with Crippen molar-refractivity contribution in [2.45, 2.75) is 9.79 Å². The second-order valence-corrected chi connectivity index (χ2v) is 7.33. The molecule has 8 heteroatoms. The number of hydrogen-bond donors (Lipinski definition) is 1. The Labute approximate surface area is 111 Å². The van der Waals surface area contributed by atoms with Gasteiger partial charge >= 0.3 is 0 Å². The van der Waals surface area contributed by atoms with Crippen LogP contribution in [0.5, 0.6) is 0 Å². The highest BCUT2D eigenvalue weighted by atomic mass is 35.5. The summed E-state index contributed by atoms with van der Waals surface area (Å²) in [5.41, 5.74) is 0. The number of alkyl halides is 1. The van der Waals surface area contributed by atoms with Crippen LogP contribution in [-0.2, 0) is 19.9 Å². The Morgan fingerprint density at radius 3 is 1.94 bits per heavy atom. The normalized spacial score (nSPS) is 13.0. The number of primary sulfonamides is 1. The number of allylic oxidation sites excluding steroid dienone is 1. The number of rotatable bonds is 5. The van der Waals surface area contributed by atoms with E-state index in [9.17, 15) is 16.8 Å². The Bertz CT molecular complexity index is 633. The molecule has 0 unspecified atom stereocenters. The molecule has 2 N–H and O–H groups in total. The molecule has 5 nitrogen and oxygen atoms in total. The monoisotopic (exact) mass is 309 g/mol. The van der Waals surface area contributed by atoms with Crippen LogP contribution in [-0.4, -0.2) is 28.5 Å². The van der Waals surface area contributed by atoms with Gasteiger partial charge in [0.2, 0.25) is 10.0 Å². The summed E-state index contributed by atoms with van der Waals surface area (Å²) < 4.78 is 45.6. The Kier molecular flexibility index (Phi) is 4.92. The van der Waals surface area contributed by atoms with Crippen molar-refractivity contribution < 1.29 is 16.8 Å². The first-order valence-electron chi connectivity index (χ1n) is 4.84. The summed E-state index contributed by atoms with van der Waals surface area (Å²) in [5.74, 6) is 0.0499. The van der Waals surface area contributed by atoms with Crippen molar-refractivity contribution in [3.8, 4) is 0 Å². The van der Waals surface area contributed by atoms with E-state index < -0.39 is 19.9 Å². The average Bonchev–Trinajstić information content (AvgIpc) is 2.28. The van der Waals surface area contributed by atoms with E-state index in [1.165, 1.54) is 24.3 Å². The SMILES string of the molecule is NS(=O)(=O)c1ccc(S(=O)(=O)C/C=C/CCl)cc1. The second kappa shape index (κ2) is 5.83. The van der Waals surface area contributed by atoms with E-state index in [2.05, 4.69) is 0 Å². The molecule has 0 heterocycles. The summed E-state index contributed by atoms with van der Waals surface area (Å²) in [5, 5.41) is 4.91. The smallest absolute Gasteiger partial charge is 0.225 e. The number of benzene rings is 1. The zero-order valence-corrected chi connectivity index (χ0v) is 11.7. The van der Waals surface area contributed by atoms with Gasteiger partial charge in [-0.05, 0) is 24.3 Å². The van der Waals surface area contributed by atoms with Crippen molar-refractivity contribution in [1.82, 2.24) is 0 Å². The third kappa shape index (κ3) is 4.09. The van der Waals surface area contributed by atoms with Gasteiger partial charge in [-0.2, -0.15) is 0 Å². The molecule has 1 aromatic carbocycles. The lowest BCUT2D eigenvalue weighted by Gasteiger charge is -2.02. The Hall–Kier alpha value is -0.890. The van der Waals surface area contributed by atoms with E-state index in [0.717, 1.165) is 12.1 Å². The van der Waals surface area contributed by atoms with Crippen LogP contribution in [0.4, 0.5) is 0 Å². The van der Waals surface area contributed by atoms with E-state index in [4.69, 9.17) is 16.7 Å². The molecule has 0 aromatic heterocycles. The molecular formula is C10H12ClNO4S2. The summed E-state index contributed by atoms with van der Waals surface area (Å²) in [4.78, 5) is -0.0909. The van der Waals surface area contributed by atoms with Crippen LogP contribution in [0.1, 0.15) is 0 Å². The van der Waals surface area contributed by atoms with E-state index in [0.29, 0.717) is 0 Å². The third-order valence-corrected chi connectivity index (χ3v) is 4.81. The number of hydrogen-bond acceptors (Lipinski definition) is 4. The van der Waals surface area contributed by atoms with Crippen LogP contribution in [0, 0.1) is 0 Å². The second-order valence-electron chi connectivity index (χ2n) is 3.42. The molecule has 1 rings (SSSR count). The molecule has 0 saturated heterocycles. The molecule has 18 heavy (non-hydrogen) atoms. The number of halogens is 1. The van der Waals surface area contributed by atoms with Crippen molar-refractivity contribution in [2.24, 2.45) is 5.14 Å². The largest absolute Gasteiger partial charge is 0.238 e. The van der Waals surface area contributed by atoms with Crippen LogP contribution >= 0.6 is 11.6 Å². The molecule has 0 aliphatic carbocycles. The number of sulfonamides is 1. The topological polar surface area (TPSA) is 94.3 Å². The Morgan fingerprint density at radius 1 is 1.00 bits per heavy atom. The minimum absolute atomic E-state index is 0.0362. The third-order valence-electron chi connectivity index (χ3n) is 2.08. The van der Waals surface area contributed by atoms with Gasteiger partial charge in [-0.25, -0.2) is 22.0 Å². The molecule has 0 atom stereocenters. The van der Waals surface area contributed by atoms with Gasteiger partial charge in [0.15, 0.2) is 9.84 Å². The zero-order valence-electron chi connectivity index (χ0n) is 9.28. The highest BCUT2D eigenvalue weighted by Gasteiger charge is 2.14. The van der Waals surface area contributed by atoms with Gasteiger partial charge in [0.1, 0.15) is 0 Å². The molecule has 100 valence electrons. The average molecular weight is 310 g/mol. The first-order chi connectivity index (χ1) is 8.27. The van der Waals surface area contributed by atoms with Crippen LogP contribution in [0.2, 0.25) is 0 Å². The fourth-order valence-corrected chi connectivity index (χ4v) is 2.96. The maximum atomic E-state index is 11.8. The van der Waals surface area contributed by atoms with Crippen LogP contribution in [0.15, 0.2) is 46.2 Å². The van der Waals surface area contributed by atoms with Gasteiger partial charge in [0.05, 0.1) is 15.5 Å². The van der Waals surface area contributed by atoms with Gasteiger partial charge in [0.25, 0.3) is 0 Å².